The van der Waals surface area contributed by atoms with Crippen LogP contribution in [0.3, 0.4) is 0 Å². The van der Waals surface area contributed by atoms with Crippen molar-refractivity contribution in [2.24, 2.45) is 5.92 Å². The lowest BCUT2D eigenvalue weighted by atomic mass is 10.1. The molecule has 0 saturated heterocycles. The third-order valence-corrected chi connectivity index (χ3v) is 3.51. The van der Waals surface area contributed by atoms with E-state index in [1.807, 2.05) is 26.8 Å². The Kier molecular flexibility index (Phi) is 4.35. The predicted octanol–water partition coefficient (Wildman–Crippen LogP) is 2.29. The van der Waals surface area contributed by atoms with Gasteiger partial charge in [-0.3, -0.25) is 0 Å². The molecule has 2 amide bonds. The lowest BCUT2D eigenvalue weighted by molar-refractivity contribution is 0.197. The number of aromatic nitrogens is 2. The first kappa shape index (κ1) is 13.8. The summed E-state index contributed by atoms with van der Waals surface area (Å²) in [4.78, 5) is 22.7. The van der Waals surface area contributed by atoms with Gasteiger partial charge < -0.3 is 10.2 Å². The smallest absolute Gasteiger partial charge is 0.317 e. The molecule has 1 aromatic rings. The van der Waals surface area contributed by atoms with Gasteiger partial charge in [-0.2, -0.15) is 0 Å². The van der Waals surface area contributed by atoms with Crippen molar-refractivity contribution in [3.8, 4) is 0 Å². The Morgan fingerprint density at radius 2 is 2.16 bits per heavy atom. The summed E-state index contributed by atoms with van der Waals surface area (Å²) in [6.07, 6.45) is 4.04. The summed E-state index contributed by atoms with van der Waals surface area (Å²) in [6, 6.07) is 1.81. The molecule has 1 fully saturated rings. The van der Waals surface area contributed by atoms with E-state index in [1.165, 1.54) is 0 Å². The van der Waals surface area contributed by atoms with E-state index in [9.17, 15) is 4.79 Å². The largest absolute Gasteiger partial charge is 0.328 e. The van der Waals surface area contributed by atoms with Gasteiger partial charge in [0.15, 0.2) is 5.82 Å². The van der Waals surface area contributed by atoms with Gasteiger partial charge in [-0.15, -0.1) is 0 Å². The molecule has 0 radical (unpaired) electrons. The summed E-state index contributed by atoms with van der Waals surface area (Å²) in [5.41, 5.74) is 0.938. The molecule has 1 aliphatic rings. The van der Waals surface area contributed by atoms with E-state index < -0.39 is 0 Å². The molecule has 1 atom stereocenters. The Morgan fingerprint density at radius 3 is 2.68 bits per heavy atom. The molecular formula is C14H22N4O. The third-order valence-electron chi connectivity index (χ3n) is 3.51. The molecule has 1 aliphatic carbocycles. The van der Waals surface area contributed by atoms with Gasteiger partial charge >= 0.3 is 6.03 Å². The Labute approximate surface area is 114 Å². The maximum atomic E-state index is 12.2. The van der Waals surface area contributed by atoms with E-state index in [-0.39, 0.29) is 12.1 Å². The van der Waals surface area contributed by atoms with Crippen LogP contribution in [0, 0.1) is 12.8 Å². The molecule has 0 aliphatic heterocycles. The van der Waals surface area contributed by atoms with Crippen molar-refractivity contribution >= 4 is 6.03 Å². The first-order valence-electron chi connectivity index (χ1n) is 7.00. The quantitative estimate of drug-likeness (QED) is 0.885. The zero-order valence-corrected chi connectivity index (χ0v) is 11.9. The zero-order chi connectivity index (χ0) is 13.8. The van der Waals surface area contributed by atoms with Gasteiger partial charge in [-0.05, 0) is 45.6 Å². The van der Waals surface area contributed by atoms with Crippen LogP contribution >= 0.6 is 0 Å². The number of rotatable bonds is 5. The van der Waals surface area contributed by atoms with Crippen molar-refractivity contribution in [3.63, 3.8) is 0 Å². The molecule has 0 bridgehead atoms. The minimum atomic E-state index is -0.0481. The SMILES string of the molecule is CCN(CC)C(=O)N[C@@H](c1nccc(C)n1)C1CC1. The zero-order valence-electron chi connectivity index (χ0n) is 11.9. The molecule has 0 aromatic carbocycles. The van der Waals surface area contributed by atoms with Gasteiger partial charge in [0, 0.05) is 25.0 Å². The van der Waals surface area contributed by atoms with E-state index in [2.05, 4.69) is 15.3 Å². The first-order chi connectivity index (χ1) is 9.15. The van der Waals surface area contributed by atoms with Crippen molar-refractivity contribution in [2.75, 3.05) is 13.1 Å². The molecule has 19 heavy (non-hydrogen) atoms. The van der Waals surface area contributed by atoms with Crippen molar-refractivity contribution < 1.29 is 4.79 Å². The second-order valence-electron chi connectivity index (χ2n) is 4.99. The average Bonchev–Trinajstić information content (AvgIpc) is 3.21. The molecule has 0 unspecified atom stereocenters. The molecule has 5 nitrogen and oxygen atoms in total. The predicted molar refractivity (Wildman–Crippen MR) is 73.7 cm³/mol. The molecular weight excluding hydrogens is 240 g/mol. The fraction of sp³-hybridized carbons (Fsp3) is 0.643. The Morgan fingerprint density at radius 1 is 1.47 bits per heavy atom. The van der Waals surface area contributed by atoms with Crippen LogP contribution in [-0.2, 0) is 0 Å². The molecule has 1 N–H and O–H groups in total. The van der Waals surface area contributed by atoms with E-state index in [1.54, 1.807) is 11.1 Å². The van der Waals surface area contributed by atoms with Crippen LogP contribution in [0.5, 0.6) is 0 Å². The number of urea groups is 1. The number of amides is 2. The van der Waals surface area contributed by atoms with E-state index in [0.717, 1.165) is 24.4 Å². The summed E-state index contributed by atoms with van der Waals surface area (Å²) in [5.74, 6) is 1.23. The van der Waals surface area contributed by atoms with Crippen molar-refractivity contribution in [1.82, 2.24) is 20.2 Å². The minimum absolute atomic E-state index is 0.0213. The second-order valence-corrected chi connectivity index (χ2v) is 4.99. The monoisotopic (exact) mass is 262 g/mol. The second kappa shape index (κ2) is 5.99. The molecule has 1 saturated carbocycles. The van der Waals surface area contributed by atoms with E-state index in [4.69, 9.17) is 0 Å². The standard InChI is InChI=1S/C14H22N4O/c1-4-18(5-2)14(19)17-12(11-6-7-11)13-15-9-8-10(3)16-13/h8-9,11-12H,4-7H2,1-3H3,(H,17,19)/t12-/m1/s1. The normalized spacial score (nSPS) is 15.9. The molecule has 104 valence electrons. The summed E-state index contributed by atoms with van der Waals surface area (Å²) in [5, 5.41) is 3.09. The Bertz CT molecular complexity index is 441. The number of hydrogen-bond donors (Lipinski definition) is 1. The number of hydrogen-bond acceptors (Lipinski definition) is 3. The van der Waals surface area contributed by atoms with Crippen LogP contribution in [-0.4, -0.2) is 34.0 Å². The highest BCUT2D eigenvalue weighted by Gasteiger charge is 2.35. The molecule has 0 spiro atoms. The maximum absolute atomic E-state index is 12.2. The fourth-order valence-electron chi connectivity index (χ4n) is 2.18. The van der Waals surface area contributed by atoms with E-state index in [0.29, 0.717) is 19.0 Å². The number of aryl methyl sites for hydroxylation is 1. The number of carbonyl (C=O) groups excluding carboxylic acids is 1. The third kappa shape index (κ3) is 3.43. The summed E-state index contributed by atoms with van der Waals surface area (Å²) in [6.45, 7) is 7.35. The van der Waals surface area contributed by atoms with Gasteiger partial charge in [-0.25, -0.2) is 14.8 Å². The number of carbonyl (C=O) groups is 1. The molecule has 5 heteroatoms. The Balaban J connectivity index is 2.11. The topological polar surface area (TPSA) is 58.1 Å². The van der Waals surface area contributed by atoms with Gasteiger partial charge in [0.2, 0.25) is 0 Å². The Hall–Kier alpha value is -1.65. The van der Waals surface area contributed by atoms with Crippen LogP contribution < -0.4 is 5.32 Å². The minimum Gasteiger partial charge on any atom is -0.328 e. The highest BCUT2D eigenvalue weighted by Crippen LogP contribution is 2.39. The lowest BCUT2D eigenvalue weighted by Crippen LogP contribution is -2.42. The van der Waals surface area contributed by atoms with E-state index >= 15 is 0 Å². The summed E-state index contributed by atoms with van der Waals surface area (Å²) < 4.78 is 0. The molecule has 2 rings (SSSR count). The van der Waals surface area contributed by atoms with Crippen molar-refractivity contribution in [1.29, 1.82) is 0 Å². The highest BCUT2D eigenvalue weighted by molar-refractivity contribution is 5.74. The maximum Gasteiger partial charge on any atom is 0.317 e. The summed E-state index contributed by atoms with van der Waals surface area (Å²) >= 11 is 0. The first-order valence-corrected chi connectivity index (χ1v) is 7.00. The van der Waals surface area contributed by atoms with Crippen molar-refractivity contribution in [3.05, 3.63) is 23.8 Å². The fourth-order valence-corrected chi connectivity index (χ4v) is 2.18. The van der Waals surface area contributed by atoms with Crippen LogP contribution in [0.25, 0.3) is 0 Å². The van der Waals surface area contributed by atoms with Crippen LogP contribution in [0.15, 0.2) is 12.3 Å². The van der Waals surface area contributed by atoms with Crippen LogP contribution in [0.4, 0.5) is 4.79 Å². The van der Waals surface area contributed by atoms with Crippen molar-refractivity contribution in [2.45, 2.75) is 39.7 Å². The van der Waals surface area contributed by atoms with Crippen LogP contribution in [0.2, 0.25) is 0 Å². The number of nitrogens with one attached hydrogen (secondary N) is 1. The highest BCUT2D eigenvalue weighted by atomic mass is 16.2. The van der Waals surface area contributed by atoms with Crippen LogP contribution in [0.1, 0.15) is 44.2 Å². The molecule has 1 heterocycles. The average molecular weight is 262 g/mol. The molecule has 1 aromatic heterocycles. The van der Waals surface area contributed by atoms with Gasteiger partial charge in [0.05, 0.1) is 6.04 Å². The summed E-state index contributed by atoms with van der Waals surface area (Å²) in [7, 11) is 0. The number of nitrogens with zero attached hydrogens (tertiary/aromatic N) is 3. The van der Waals surface area contributed by atoms with Gasteiger partial charge in [-0.1, -0.05) is 0 Å². The van der Waals surface area contributed by atoms with Gasteiger partial charge in [0.25, 0.3) is 0 Å². The lowest BCUT2D eigenvalue weighted by Gasteiger charge is -2.24. The van der Waals surface area contributed by atoms with Gasteiger partial charge in [0.1, 0.15) is 0 Å².